The monoisotopic (exact) mass is 215 g/mol. The molecule has 1 N–H and O–H groups in total. The fourth-order valence-corrected chi connectivity index (χ4v) is 2.61. The van der Waals surface area contributed by atoms with E-state index in [1.165, 1.54) is 12.8 Å². The summed E-state index contributed by atoms with van der Waals surface area (Å²) in [5, 5.41) is 3.28. The van der Waals surface area contributed by atoms with E-state index in [0.29, 0.717) is 12.5 Å². The van der Waals surface area contributed by atoms with Crippen LogP contribution in [0.25, 0.3) is 0 Å². The molecule has 2 aliphatic heterocycles. The average molecular weight is 215 g/mol. The number of rotatable bonds is 4. The van der Waals surface area contributed by atoms with Crippen LogP contribution in [0.5, 0.6) is 0 Å². The normalized spacial score (nSPS) is 34.2. The molecular weight excluding hydrogens is 193 g/mol. The van der Waals surface area contributed by atoms with Crippen LogP contribution in [0.15, 0.2) is 0 Å². The lowest BCUT2D eigenvalue weighted by atomic mass is 9.96. The van der Waals surface area contributed by atoms with Crippen LogP contribution in [0.2, 0.25) is 0 Å². The summed E-state index contributed by atoms with van der Waals surface area (Å²) in [6.07, 6.45) is 6.91. The number of halogens is 1. The molecule has 2 nitrogen and oxygen atoms in total. The van der Waals surface area contributed by atoms with Crippen molar-refractivity contribution in [2.24, 2.45) is 0 Å². The average Bonchev–Trinajstić information content (AvgIpc) is 2.80. The van der Waals surface area contributed by atoms with Crippen molar-refractivity contribution < 1.29 is 9.13 Å². The maximum absolute atomic E-state index is 13.8. The highest BCUT2D eigenvalue weighted by Crippen LogP contribution is 2.22. The molecule has 0 aliphatic carbocycles. The van der Waals surface area contributed by atoms with Gasteiger partial charge in [0.1, 0.15) is 6.17 Å². The van der Waals surface area contributed by atoms with Gasteiger partial charge in [0, 0.05) is 12.6 Å². The Balaban J connectivity index is 1.64. The molecule has 0 aromatic rings. The third-order valence-corrected chi connectivity index (χ3v) is 3.57. The summed E-state index contributed by atoms with van der Waals surface area (Å²) in [7, 11) is 0. The molecule has 0 amide bonds. The van der Waals surface area contributed by atoms with Gasteiger partial charge in [0.25, 0.3) is 0 Å². The maximum Gasteiger partial charge on any atom is 0.115 e. The lowest BCUT2D eigenvalue weighted by Gasteiger charge is -2.27. The van der Waals surface area contributed by atoms with Crippen LogP contribution in [0.3, 0.4) is 0 Å². The van der Waals surface area contributed by atoms with Crippen molar-refractivity contribution in [3.05, 3.63) is 0 Å². The highest BCUT2D eigenvalue weighted by molar-refractivity contribution is 4.80. The highest BCUT2D eigenvalue weighted by Gasteiger charge is 2.24. The molecule has 0 radical (unpaired) electrons. The zero-order valence-corrected chi connectivity index (χ0v) is 9.38. The molecule has 3 atom stereocenters. The molecule has 3 unspecified atom stereocenters. The fraction of sp³-hybridized carbons (Fsp3) is 1.00. The van der Waals surface area contributed by atoms with Gasteiger partial charge in [0.05, 0.1) is 6.10 Å². The lowest BCUT2D eigenvalue weighted by Crippen LogP contribution is -2.41. The molecule has 2 saturated heterocycles. The lowest BCUT2D eigenvalue weighted by molar-refractivity contribution is 0.0893. The predicted molar refractivity (Wildman–Crippen MR) is 58.7 cm³/mol. The molecule has 0 aromatic carbocycles. The van der Waals surface area contributed by atoms with Crippen LogP contribution in [0.4, 0.5) is 4.39 Å². The van der Waals surface area contributed by atoms with Gasteiger partial charge in [-0.15, -0.1) is 0 Å². The maximum atomic E-state index is 13.8. The first kappa shape index (κ1) is 11.3. The molecule has 0 bridgehead atoms. The minimum atomic E-state index is -0.672. The van der Waals surface area contributed by atoms with Gasteiger partial charge in [-0.3, -0.25) is 0 Å². The van der Waals surface area contributed by atoms with Crippen LogP contribution >= 0.6 is 0 Å². The summed E-state index contributed by atoms with van der Waals surface area (Å²) >= 11 is 0. The molecule has 2 rings (SSSR count). The Hall–Kier alpha value is -0.150. The van der Waals surface area contributed by atoms with Crippen molar-refractivity contribution >= 4 is 0 Å². The van der Waals surface area contributed by atoms with Crippen molar-refractivity contribution in [1.82, 2.24) is 5.32 Å². The number of ether oxygens (including phenoxy) is 1. The SMILES string of the molecule is FC(CCC1CCCO1)C1CCCCN1. The van der Waals surface area contributed by atoms with Gasteiger partial charge < -0.3 is 10.1 Å². The van der Waals surface area contributed by atoms with Crippen molar-refractivity contribution in [3.63, 3.8) is 0 Å². The Morgan fingerprint density at radius 1 is 1.27 bits per heavy atom. The Kier molecular flexibility index (Phi) is 4.39. The summed E-state index contributed by atoms with van der Waals surface area (Å²) in [5.74, 6) is 0. The van der Waals surface area contributed by atoms with E-state index in [0.717, 1.165) is 38.8 Å². The standard InChI is InChI=1S/C12H22FNO/c13-11(12-5-1-2-8-14-12)7-6-10-4-3-9-15-10/h10-12,14H,1-9H2. The first-order valence-corrected chi connectivity index (χ1v) is 6.35. The molecule has 2 fully saturated rings. The van der Waals surface area contributed by atoms with Gasteiger partial charge in [0.2, 0.25) is 0 Å². The Labute approximate surface area is 91.6 Å². The van der Waals surface area contributed by atoms with Gasteiger partial charge in [-0.2, -0.15) is 0 Å². The van der Waals surface area contributed by atoms with Gasteiger partial charge >= 0.3 is 0 Å². The third-order valence-electron chi connectivity index (χ3n) is 3.57. The Bertz CT molecular complexity index is 176. The van der Waals surface area contributed by atoms with E-state index < -0.39 is 6.17 Å². The molecular formula is C12H22FNO. The van der Waals surface area contributed by atoms with E-state index in [1.807, 2.05) is 0 Å². The second-order valence-electron chi connectivity index (χ2n) is 4.78. The topological polar surface area (TPSA) is 21.3 Å². The fourth-order valence-electron chi connectivity index (χ4n) is 2.61. The van der Waals surface area contributed by atoms with Crippen LogP contribution in [-0.2, 0) is 4.74 Å². The number of piperidine rings is 1. The van der Waals surface area contributed by atoms with Crippen LogP contribution in [0, 0.1) is 0 Å². The van der Waals surface area contributed by atoms with Crippen molar-refractivity contribution in [1.29, 1.82) is 0 Å². The van der Waals surface area contributed by atoms with Gasteiger partial charge in [-0.05, 0) is 45.1 Å². The molecule has 0 aromatic heterocycles. The third kappa shape index (κ3) is 3.42. The summed E-state index contributed by atoms with van der Waals surface area (Å²) in [6, 6.07) is 0.111. The van der Waals surface area contributed by atoms with Crippen LogP contribution in [0.1, 0.15) is 44.9 Å². The molecule has 15 heavy (non-hydrogen) atoms. The highest BCUT2D eigenvalue weighted by atomic mass is 19.1. The summed E-state index contributed by atoms with van der Waals surface area (Å²) in [5.41, 5.74) is 0. The van der Waals surface area contributed by atoms with Crippen LogP contribution in [-0.4, -0.2) is 31.5 Å². The summed E-state index contributed by atoms with van der Waals surface area (Å²) < 4.78 is 19.3. The molecule has 2 heterocycles. The second-order valence-corrected chi connectivity index (χ2v) is 4.78. The molecule has 2 aliphatic rings. The molecule has 0 saturated carbocycles. The molecule has 3 heteroatoms. The first-order chi connectivity index (χ1) is 7.36. The van der Waals surface area contributed by atoms with E-state index in [2.05, 4.69) is 5.32 Å². The van der Waals surface area contributed by atoms with E-state index in [-0.39, 0.29) is 6.04 Å². The smallest absolute Gasteiger partial charge is 0.115 e. The van der Waals surface area contributed by atoms with Gasteiger partial charge in [0.15, 0.2) is 0 Å². The minimum Gasteiger partial charge on any atom is -0.378 e. The van der Waals surface area contributed by atoms with E-state index >= 15 is 0 Å². The van der Waals surface area contributed by atoms with Gasteiger partial charge in [-0.25, -0.2) is 4.39 Å². The molecule has 0 spiro atoms. The van der Waals surface area contributed by atoms with Crippen molar-refractivity contribution in [3.8, 4) is 0 Å². The zero-order valence-electron chi connectivity index (χ0n) is 9.38. The van der Waals surface area contributed by atoms with E-state index in [1.54, 1.807) is 0 Å². The van der Waals surface area contributed by atoms with E-state index in [9.17, 15) is 4.39 Å². The van der Waals surface area contributed by atoms with Gasteiger partial charge in [-0.1, -0.05) is 6.42 Å². The Morgan fingerprint density at radius 3 is 2.87 bits per heavy atom. The quantitative estimate of drug-likeness (QED) is 0.777. The van der Waals surface area contributed by atoms with Crippen molar-refractivity contribution in [2.75, 3.05) is 13.2 Å². The number of nitrogens with one attached hydrogen (secondary N) is 1. The summed E-state index contributed by atoms with van der Waals surface area (Å²) in [6.45, 7) is 1.87. The number of hydrogen-bond donors (Lipinski definition) is 1. The molecule has 88 valence electrons. The second kappa shape index (κ2) is 5.80. The van der Waals surface area contributed by atoms with E-state index in [4.69, 9.17) is 4.74 Å². The van der Waals surface area contributed by atoms with Crippen LogP contribution < -0.4 is 5.32 Å². The summed E-state index contributed by atoms with van der Waals surface area (Å²) in [4.78, 5) is 0. The first-order valence-electron chi connectivity index (χ1n) is 6.35. The Morgan fingerprint density at radius 2 is 2.20 bits per heavy atom. The van der Waals surface area contributed by atoms with Crippen molar-refractivity contribution in [2.45, 2.75) is 63.3 Å². The number of hydrogen-bond acceptors (Lipinski definition) is 2. The minimum absolute atomic E-state index is 0.111. The zero-order chi connectivity index (χ0) is 10.5. The largest absolute Gasteiger partial charge is 0.378 e. The number of alkyl halides is 1. The predicted octanol–water partition coefficient (Wildman–Crippen LogP) is 2.43.